The van der Waals surface area contributed by atoms with Crippen molar-refractivity contribution in [2.24, 2.45) is 0 Å². The monoisotopic (exact) mass is 348 g/mol. The molecule has 0 aromatic heterocycles. The van der Waals surface area contributed by atoms with Gasteiger partial charge in [0, 0.05) is 0 Å². The van der Waals surface area contributed by atoms with E-state index in [1.54, 1.807) is 0 Å². The summed E-state index contributed by atoms with van der Waals surface area (Å²) in [6, 6.07) is 0. The highest BCUT2D eigenvalue weighted by molar-refractivity contribution is 7.85. The van der Waals surface area contributed by atoms with Gasteiger partial charge in [0.05, 0.1) is 11.9 Å². The SMILES string of the molecule is CCCCC(O)C=CCCCCCCCCCCCS(=O)(=O)O. The summed E-state index contributed by atoms with van der Waals surface area (Å²) < 4.78 is 29.7. The molecule has 0 aliphatic carbocycles. The Morgan fingerprint density at radius 1 is 0.870 bits per heavy atom. The van der Waals surface area contributed by atoms with E-state index in [4.69, 9.17) is 4.55 Å². The summed E-state index contributed by atoms with van der Waals surface area (Å²) in [4.78, 5) is 0. The van der Waals surface area contributed by atoms with Crippen molar-refractivity contribution in [1.82, 2.24) is 0 Å². The van der Waals surface area contributed by atoms with Crippen LogP contribution in [0.5, 0.6) is 0 Å². The number of hydrogen-bond acceptors (Lipinski definition) is 3. The molecular weight excluding hydrogens is 312 g/mol. The first-order chi connectivity index (χ1) is 11.0. The molecule has 0 saturated heterocycles. The van der Waals surface area contributed by atoms with Gasteiger partial charge >= 0.3 is 0 Å². The van der Waals surface area contributed by atoms with E-state index in [-0.39, 0.29) is 11.9 Å². The van der Waals surface area contributed by atoms with Crippen LogP contribution in [0, 0.1) is 0 Å². The lowest BCUT2D eigenvalue weighted by Gasteiger charge is -2.03. The molecule has 0 rings (SSSR count). The average molecular weight is 349 g/mol. The molecule has 0 saturated carbocycles. The van der Waals surface area contributed by atoms with Gasteiger partial charge in [-0.05, 0) is 25.7 Å². The zero-order valence-corrected chi connectivity index (χ0v) is 15.6. The summed E-state index contributed by atoms with van der Waals surface area (Å²) in [5, 5.41) is 9.65. The van der Waals surface area contributed by atoms with Crippen LogP contribution in [0.4, 0.5) is 0 Å². The van der Waals surface area contributed by atoms with Crippen LogP contribution in [0.15, 0.2) is 12.2 Å². The minimum atomic E-state index is -3.77. The van der Waals surface area contributed by atoms with Crippen molar-refractivity contribution in [1.29, 1.82) is 0 Å². The van der Waals surface area contributed by atoms with Gasteiger partial charge in [-0.15, -0.1) is 0 Å². The molecule has 0 aliphatic heterocycles. The van der Waals surface area contributed by atoms with Crippen LogP contribution in [0.1, 0.15) is 90.4 Å². The number of unbranched alkanes of at least 4 members (excludes halogenated alkanes) is 10. The van der Waals surface area contributed by atoms with Crippen LogP contribution in [0.2, 0.25) is 0 Å². The zero-order valence-electron chi connectivity index (χ0n) is 14.8. The summed E-state index contributed by atoms with van der Waals surface area (Å²) in [5.74, 6) is -0.104. The molecule has 4 nitrogen and oxygen atoms in total. The van der Waals surface area contributed by atoms with Crippen LogP contribution in [-0.4, -0.2) is 29.9 Å². The van der Waals surface area contributed by atoms with E-state index in [0.29, 0.717) is 6.42 Å². The van der Waals surface area contributed by atoms with Crippen molar-refractivity contribution < 1.29 is 18.1 Å². The van der Waals surface area contributed by atoms with Gasteiger partial charge in [-0.2, -0.15) is 8.42 Å². The molecule has 0 fully saturated rings. The van der Waals surface area contributed by atoms with Crippen LogP contribution in [0.25, 0.3) is 0 Å². The first-order valence-corrected chi connectivity index (χ1v) is 10.9. The summed E-state index contributed by atoms with van der Waals surface area (Å²) in [6.45, 7) is 2.13. The van der Waals surface area contributed by atoms with E-state index in [1.807, 2.05) is 6.08 Å². The predicted molar refractivity (Wildman–Crippen MR) is 97.3 cm³/mol. The van der Waals surface area contributed by atoms with Crippen LogP contribution >= 0.6 is 0 Å². The fourth-order valence-corrected chi connectivity index (χ4v) is 3.12. The molecule has 1 atom stereocenters. The molecule has 0 aromatic rings. The maximum absolute atomic E-state index is 10.5. The van der Waals surface area contributed by atoms with Gasteiger partial charge in [0.25, 0.3) is 10.1 Å². The van der Waals surface area contributed by atoms with E-state index in [1.165, 1.54) is 32.1 Å². The van der Waals surface area contributed by atoms with E-state index in [2.05, 4.69) is 13.0 Å². The summed E-state index contributed by atoms with van der Waals surface area (Å²) in [5.41, 5.74) is 0. The summed E-state index contributed by atoms with van der Waals surface area (Å²) in [6.07, 6.45) is 17.7. The molecule has 2 N–H and O–H groups in total. The number of allylic oxidation sites excluding steroid dienone is 1. The lowest BCUT2D eigenvalue weighted by Crippen LogP contribution is -2.03. The largest absolute Gasteiger partial charge is 0.389 e. The molecule has 0 amide bonds. The second-order valence-corrected chi connectivity index (χ2v) is 7.97. The van der Waals surface area contributed by atoms with Crippen molar-refractivity contribution in [2.75, 3.05) is 5.75 Å². The third-order valence-electron chi connectivity index (χ3n) is 3.98. The second kappa shape index (κ2) is 15.2. The minimum Gasteiger partial charge on any atom is -0.389 e. The minimum absolute atomic E-state index is 0.104. The fraction of sp³-hybridized carbons (Fsp3) is 0.889. The summed E-state index contributed by atoms with van der Waals surface area (Å²) in [7, 11) is -3.77. The quantitative estimate of drug-likeness (QED) is 0.237. The maximum Gasteiger partial charge on any atom is 0.264 e. The Labute approximate surface area is 143 Å². The topological polar surface area (TPSA) is 74.6 Å². The highest BCUT2D eigenvalue weighted by Crippen LogP contribution is 2.11. The van der Waals surface area contributed by atoms with E-state index in [0.717, 1.165) is 44.9 Å². The predicted octanol–water partition coefficient (Wildman–Crippen LogP) is 4.88. The van der Waals surface area contributed by atoms with Gasteiger partial charge in [-0.25, -0.2) is 0 Å². The Morgan fingerprint density at radius 2 is 1.39 bits per heavy atom. The van der Waals surface area contributed by atoms with Crippen LogP contribution < -0.4 is 0 Å². The van der Waals surface area contributed by atoms with E-state index < -0.39 is 10.1 Å². The molecule has 0 aromatic carbocycles. The highest BCUT2D eigenvalue weighted by atomic mass is 32.2. The van der Waals surface area contributed by atoms with Crippen molar-refractivity contribution >= 4 is 10.1 Å². The molecule has 0 radical (unpaired) electrons. The van der Waals surface area contributed by atoms with Crippen LogP contribution in [0.3, 0.4) is 0 Å². The van der Waals surface area contributed by atoms with Gasteiger partial charge in [-0.3, -0.25) is 4.55 Å². The number of aliphatic hydroxyl groups excluding tert-OH is 1. The van der Waals surface area contributed by atoms with Gasteiger partial charge in [-0.1, -0.05) is 76.9 Å². The standard InChI is InChI=1S/C18H36O4S/c1-2-3-15-18(19)16-13-11-9-7-5-4-6-8-10-12-14-17-23(20,21)22/h13,16,18-19H,2-12,14-15,17H2,1H3,(H,20,21,22). The molecule has 0 heterocycles. The van der Waals surface area contributed by atoms with Gasteiger partial charge in [0.2, 0.25) is 0 Å². The first kappa shape index (κ1) is 22.6. The molecule has 23 heavy (non-hydrogen) atoms. The van der Waals surface area contributed by atoms with E-state index >= 15 is 0 Å². The Balaban J connectivity index is 3.23. The Hall–Kier alpha value is -0.390. The van der Waals surface area contributed by atoms with Crippen molar-refractivity contribution in [3.63, 3.8) is 0 Å². The molecule has 1 unspecified atom stereocenters. The number of aliphatic hydroxyl groups is 1. The van der Waals surface area contributed by atoms with Gasteiger partial charge in [0.1, 0.15) is 0 Å². The average Bonchev–Trinajstić information content (AvgIpc) is 2.48. The molecule has 5 heteroatoms. The lowest BCUT2D eigenvalue weighted by atomic mass is 10.1. The highest BCUT2D eigenvalue weighted by Gasteiger charge is 2.02. The van der Waals surface area contributed by atoms with Crippen LogP contribution in [-0.2, 0) is 10.1 Å². The molecule has 0 aliphatic rings. The molecule has 0 spiro atoms. The molecular formula is C18H36O4S. The Morgan fingerprint density at radius 3 is 1.91 bits per heavy atom. The number of rotatable bonds is 16. The fourth-order valence-electron chi connectivity index (χ4n) is 2.55. The number of hydrogen-bond donors (Lipinski definition) is 2. The molecule has 138 valence electrons. The van der Waals surface area contributed by atoms with Crippen molar-refractivity contribution in [3.05, 3.63) is 12.2 Å². The Bertz CT molecular complexity index is 376. The first-order valence-electron chi connectivity index (χ1n) is 9.25. The van der Waals surface area contributed by atoms with E-state index in [9.17, 15) is 13.5 Å². The van der Waals surface area contributed by atoms with Gasteiger partial charge < -0.3 is 5.11 Å². The lowest BCUT2D eigenvalue weighted by molar-refractivity contribution is 0.209. The maximum atomic E-state index is 10.5. The third kappa shape index (κ3) is 19.6. The zero-order chi connectivity index (χ0) is 17.4. The second-order valence-electron chi connectivity index (χ2n) is 6.39. The van der Waals surface area contributed by atoms with Gasteiger partial charge in [0.15, 0.2) is 0 Å². The van der Waals surface area contributed by atoms with Crippen molar-refractivity contribution in [3.8, 4) is 0 Å². The Kier molecular flexibility index (Phi) is 14.9. The normalized spacial score (nSPS) is 13.7. The third-order valence-corrected chi connectivity index (χ3v) is 4.79. The molecule has 0 bridgehead atoms. The smallest absolute Gasteiger partial charge is 0.264 e. The summed E-state index contributed by atoms with van der Waals surface area (Å²) >= 11 is 0. The van der Waals surface area contributed by atoms with Crippen molar-refractivity contribution in [2.45, 2.75) is 96.5 Å².